The number of nitrogens with zero attached hydrogens (tertiary/aromatic N) is 4. The van der Waals surface area contributed by atoms with E-state index in [4.69, 9.17) is 11.6 Å². The molecule has 0 saturated carbocycles. The minimum Gasteiger partial charge on any atom is -0.336 e. The van der Waals surface area contributed by atoms with E-state index in [1.807, 2.05) is 0 Å². The molecule has 2 aromatic rings. The maximum atomic E-state index is 13.5. The van der Waals surface area contributed by atoms with Crippen molar-refractivity contribution in [2.45, 2.75) is 39.2 Å². The van der Waals surface area contributed by atoms with Gasteiger partial charge in [-0.25, -0.2) is 14.7 Å². The molecule has 0 bridgehead atoms. The van der Waals surface area contributed by atoms with Crippen molar-refractivity contribution in [2.24, 2.45) is 0 Å². The first kappa shape index (κ1) is 24.4. The quantitative estimate of drug-likeness (QED) is 0.610. The van der Waals surface area contributed by atoms with Gasteiger partial charge in [-0.05, 0) is 62.8 Å². The summed E-state index contributed by atoms with van der Waals surface area (Å²) in [5, 5.41) is 6.34. The van der Waals surface area contributed by atoms with Crippen molar-refractivity contribution < 1.29 is 9.59 Å². The van der Waals surface area contributed by atoms with Gasteiger partial charge in [-0.1, -0.05) is 31.9 Å². The number of likely N-dealkylation sites (N-methyl/N-ethyl adjacent to an activating group) is 1. The summed E-state index contributed by atoms with van der Waals surface area (Å²) >= 11 is 6.24. The van der Waals surface area contributed by atoms with Gasteiger partial charge in [0.1, 0.15) is 0 Å². The van der Waals surface area contributed by atoms with Crippen molar-refractivity contribution >= 4 is 40.7 Å². The number of halogens is 1. The summed E-state index contributed by atoms with van der Waals surface area (Å²) in [7, 11) is 0. The molecule has 2 aliphatic heterocycles. The van der Waals surface area contributed by atoms with Crippen LogP contribution in [0.25, 0.3) is 0 Å². The van der Waals surface area contributed by atoms with Crippen LogP contribution in [0.1, 0.15) is 43.5 Å². The third-order valence-corrected chi connectivity index (χ3v) is 6.92. The zero-order valence-electron chi connectivity index (χ0n) is 19.9. The Labute approximate surface area is 206 Å². The first-order valence-corrected chi connectivity index (χ1v) is 12.5. The van der Waals surface area contributed by atoms with Gasteiger partial charge in [-0.2, -0.15) is 0 Å². The number of urea groups is 1. The Morgan fingerprint density at radius 3 is 2.88 bits per heavy atom. The summed E-state index contributed by atoms with van der Waals surface area (Å²) < 4.78 is 0. The van der Waals surface area contributed by atoms with Crippen molar-refractivity contribution in [1.29, 1.82) is 0 Å². The Morgan fingerprint density at radius 2 is 2.09 bits per heavy atom. The summed E-state index contributed by atoms with van der Waals surface area (Å²) in [6.07, 6.45) is 5.23. The fourth-order valence-corrected chi connectivity index (χ4v) is 4.96. The van der Waals surface area contributed by atoms with E-state index in [0.717, 1.165) is 32.7 Å². The summed E-state index contributed by atoms with van der Waals surface area (Å²) in [6.45, 7) is 9.89. The number of hydrogen-bond donors (Lipinski definition) is 2. The summed E-state index contributed by atoms with van der Waals surface area (Å²) in [6, 6.07) is 8.54. The molecule has 2 N–H and O–H groups in total. The minimum absolute atomic E-state index is 0.302. The van der Waals surface area contributed by atoms with Gasteiger partial charge in [0, 0.05) is 36.9 Å². The lowest BCUT2D eigenvalue weighted by molar-refractivity contribution is 0.102. The molecule has 9 heteroatoms. The number of carbonyl (C=O) groups excluding carboxylic acids is 2. The predicted molar refractivity (Wildman–Crippen MR) is 136 cm³/mol. The minimum atomic E-state index is -0.336. The van der Waals surface area contributed by atoms with Gasteiger partial charge in [-0.3, -0.25) is 9.69 Å². The van der Waals surface area contributed by atoms with Crippen LogP contribution in [-0.2, 0) is 0 Å². The van der Waals surface area contributed by atoms with Crippen molar-refractivity contribution in [3.8, 4) is 0 Å². The van der Waals surface area contributed by atoms with E-state index in [9.17, 15) is 9.59 Å². The fourth-order valence-electron chi connectivity index (χ4n) is 4.79. The SMILES string of the molecule is CCN(CC)CC1CCCCN1CCNC(=O)N1c2cc(Cl)ccc2C(=O)Nc2cccnc21. The first-order valence-electron chi connectivity index (χ1n) is 12.1. The number of nitrogens with one attached hydrogen (secondary N) is 2. The zero-order valence-corrected chi connectivity index (χ0v) is 20.6. The van der Waals surface area contributed by atoms with Crippen molar-refractivity contribution in [2.75, 3.05) is 49.5 Å². The van der Waals surface area contributed by atoms with Crippen molar-refractivity contribution in [3.05, 3.63) is 47.1 Å². The lowest BCUT2D eigenvalue weighted by Crippen LogP contribution is -2.50. The monoisotopic (exact) mass is 484 g/mol. The van der Waals surface area contributed by atoms with E-state index in [0.29, 0.717) is 40.4 Å². The van der Waals surface area contributed by atoms with E-state index in [1.165, 1.54) is 24.2 Å². The number of likely N-dealkylation sites (tertiary alicyclic amines) is 1. The van der Waals surface area contributed by atoms with Crippen LogP contribution in [-0.4, -0.2) is 72.0 Å². The molecule has 1 aromatic heterocycles. The maximum absolute atomic E-state index is 13.5. The van der Waals surface area contributed by atoms with Crippen LogP contribution in [0, 0.1) is 0 Å². The van der Waals surface area contributed by atoms with Gasteiger partial charge in [0.15, 0.2) is 5.82 Å². The standard InChI is InChI=1S/C25H33ClN6O2/c1-3-30(4-2)17-19-8-5-6-14-31(19)15-13-28-25(34)32-22-16-18(26)10-11-20(22)24(33)29-21-9-7-12-27-23(21)32/h7,9-12,16,19H,3-6,8,13-15,17H2,1-2H3,(H,28,34)(H,29,33). The second-order valence-corrected chi connectivity index (χ2v) is 9.17. The number of fused-ring (bicyclic) bond motifs is 2. The van der Waals surface area contributed by atoms with Crippen LogP contribution < -0.4 is 15.5 Å². The summed E-state index contributed by atoms with van der Waals surface area (Å²) in [5.41, 5.74) is 1.26. The highest BCUT2D eigenvalue weighted by atomic mass is 35.5. The van der Waals surface area contributed by atoms with Gasteiger partial charge in [0.05, 0.1) is 16.9 Å². The zero-order chi connectivity index (χ0) is 24.1. The third-order valence-electron chi connectivity index (χ3n) is 6.68. The summed E-state index contributed by atoms with van der Waals surface area (Å²) in [4.78, 5) is 37.0. The molecule has 1 aromatic carbocycles. The lowest BCUT2D eigenvalue weighted by atomic mass is 10.0. The number of aromatic nitrogens is 1. The number of amides is 3. The largest absolute Gasteiger partial charge is 0.336 e. The lowest BCUT2D eigenvalue weighted by Gasteiger charge is -2.38. The molecule has 8 nitrogen and oxygen atoms in total. The van der Waals surface area contributed by atoms with Crippen molar-refractivity contribution in [1.82, 2.24) is 20.1 Å². The number of carbonyl (C=O) groups is 2. The average Bonchev–Trinajstić information content (AvgIpc) is 2.96. The molecule has 1 atom stereocenters. The molecule has 1 fully saturated rings. The molecule has 182 valence electrons. The Bertz CT molecular complexity index is 1030. The third kappa shape index (κ3) is 5.35. The van der Waals surface area contributed by atoms with E-state index >= 15 is 0 Å². The van der Waals surface area contributed by atoms with Crippen LogP contribution in [0.3, 0.4) is 0 Å². The second kappa shape index (κ2) is 11.2. The number of pyridine rings is 1. The average molecular weight is 485 g/mol. The second-order valence-electron chi connectivity index (χ2n) is 8.73. The number of rotatable bonds is 7. The topological polar surface area (TPSA) is 80.8 Å². The molecule has 0 spiro atoms. The highest BCUT2D eigenvalue weighted by molar-refractivity contribution is 6.31. The van der Waals surface area contributed by atoms with Gasteiger partial charge in [0.2, 0.25) is 0 Å². The van der Waals surface area contributed by atoms with Crippen LogP contribution in [0.5, 0.6) is 0 Å². The molecular weight excluding hydrogens is 452 g/mol. The Balaban J connectivity index is 1.50. The molecule has 1 unspecified atom stereocenters. The molecule has 3 heterocycles. The van der Waals surface area contributed by atoms with E-state index in [1.54, 1.807) is 36.5 Å². The molecule has 0 radical (unpaired) electrons. The normalized spacial score (nSPS) is 18.2. The molecule has 3 amide bonds. The Hall–Kier alpha value is -2.68. The molecule has 34 heavy (non-hydrogen) atoms. The van der Waals surface area contributed by atoms with E-state index in [2.05, 4.69) is 39.3 Å². The molecule has 4 rings (SSSR count). The smallest absolute Gasteiger partial charge is 0.327 e. The fraction of sp³-hybridized carbons (Fsp3) is 0.480. The van der Waals surface area contributed by atoms with Crippen molar-refractivity contribution in [3.63, 3.8) is 0 Å². The molecule has 1 saturated heterocycles. The number of benzene rings is 1. The Kier molecular flexibility index (Phi) is 8.03. The van der Waals surface area contributed by atoms with Crippen LogP contribution in [0.15, 0.2) is 36.5 Å². The summed E-state index contributed by atoms with van der Waals surface area (Å²) in [5.74, 6) is 0.0653. The number of anilines is 3. The van der Waals surface area contributed by atoms with E-state index in [-0.39, 0.29) is 11.9 Å². The van der Waals surface area contributed by atoms with Gasteiger partial charge >= 0.3 is 6.03 Å². The molecular formula is C25H33ClN6O2. The van der Waals surface area contributed by atoms with Crippen LogP contribution in [0.4, 0.5) is 22.0 Å². The molecule has 2 aliphatic rings. The van der Waals surface area contributed by atoms with Gasteiger partial charge in [-0.15, -0.1) is 0 Å². The van der Waals surface area contributed by atoms with Gasteiger partial charge in [0.25, 0.3) is 5.91 Å². The highest BCUT2D eigenvalue weighted by Gasteiger charge is 2.31. The number of hydrogen-bond acceptors (Lipinski definition) is 5. The van der Waals surface area contributed by atoms with Gasteiger partial charge < -0.3 is 15.5 Å². The Morgan fingerprint density at radius 1 is 1.26 bits per heavy atom. The predicted octanol–water partition coefficient (Wildman–Crippen LogP) is 4.34. The van der Waals surface area contributed by atoms with E-state index < -0.39 is 0 Å². The number of piperidine rings is 1. The first-order chi connectivity index (χ1) is 16.5. The van der Waals surface area contributed by atoms with Crippen LogP contribution in [0.2, 0.25) is 5.02 Å². The highest BCUT2D eigenvalue weighted by Crippen LogP contribution is 2.37. The maximum Gasteiger partial charge on any atom is 0.327 e. The molecule has 0 aliphatic carbocycles. The van der Waals surface area contributed by atoms with Crippen LogP contribution >= 0.6 is 11.6 Å².